The molecule has 2 aromatic carbocycles. The van der Waals surface area contributed by atoms with Gasteiger partial charge < -0.3 is 10.0 Å². The predicted octanol–water partition coefficient (Wildman–Crippen LogP) is 4.98. The summed E-state index contributed by atoms with van der Waals surface area (Å²) in [4.78, 5) is 27.1. The summed E-state index contributed by atoms with van der Waals surface area (Å²) in [5, 5.41) is 11.0. The molecule has 1 amide bonds. The lowest BCUT2D eigenvalue weighted by molar-refractivity contribution is -0.139. The van der Waals surface area contributed by atoms with E-state index in [2.05, 4.69) is 15.9 Å². The minimum atomic E-state index is -0.627. The van der Waals surface area contributed by atoms with Crippen LogP contribution in [0.25, 0.3) is 5.76 Å². The molecule has 0 radical (unpaired) electrons. The van der Waals surface area contributed by atoms with Gasteiger partial charge in [0.2, 0.25) is 0 Å². The van der Waals surface area contributed by atoms with Gasteiger partial charge >= 0.3 is 0 Å². The number of carbonyl (C=O) groups is 2. The molecule has 0 aromatic heterocycles. The van der Waals surface area contributed by atoms with Gasteiger partial charge in [-0.05, 0) is 36.6 Å². The Morgan fingerprint density at radius 3 is 2.48 bits per heavy atom. The first-order chi connectivity index (χ1) is 13.0. The van der Waals surface area contributed by atoms with Crippen LogP contribution < -0.4 is 0 Å². The number of nitrogens with zero attached hydrogens (tertiary/aromatic N) is 1. The molecule has 1 N–H and O–H groups in total. The van der Waals surface area contributed by atoms with Crippen molar-refractivity contribution in [3.8, 4) is 0 Å². The molecule has 27 heavy (non-hydrogen) atoms. The van der Waals surface area contributed by atoms with Gasteiger partial charge in [0.15, 0.2) is 0 Å². The van der Waals surface area contributed by atoms with Crippen molar-refractivity contribution in [3.05, 3.63) is 75.3 Å². The predicted molar refractivity (Wildman–Crippen MR) is 109 cm³/mol. The van der Waals surface area contributed by atoms with Crippen molar-refractivity contribution in [2.75, 3.05) is 6.54 Å². The summed E-state index contributed by atoms with van der Waals surface area (Å²) in [5.41, 5.74) is 2.45. The Morgan fingerprint density at radius 1 is 1.15 bits per heavy atom. The largest absolute Gasteiger partial charge is 0.507 e. The number of Topliss-reactive ketones (excluding diaryl/α,β-unsaturated/α-hetero) is 1. The number of ketones is 1. The number of likely N-dealkylation sites (tertiary alicyclic amines) is 1. The van der Waals surface area contributed by atoms with Crippen molar-refractivity contribution >= 4 is 33.4 Å². The van der Waals surface area contributed by atoms with E-state index in [0.717, 1.165) is 28.4 Å². The minimum absolute atomic E-state index is 0.128. The van der Waals surface area contributed by atoms with Gasteiger partial charge in [0.25, 0.3) is 11.7 Å². The van der Waals surface area contributed by atoms with Gasteiger partial charge in [-0.2, -0.15) is 0 Å². The standard InChI is InChI=1S/C22H22BrNO3/c1-3-4-12-24-19(15-8-6-5-7-9-15)18(21(26)22(24)27)20(25)16-10-11-17(23)14(2)13-16/h5-11,13,19,25H,3-4,12H2,1-2H3/b20-18-. The van der Waals surface area contributed by atoms with Crippen LogP contribution in [-0.2, 0) is 9.59 Å². The fourth-order valence-corrected chi connectivity index (χ4v) is 3.62. The molecule has 1 saturated heterocycles. The van der Waals surface area contributed by atoms with E-state index in [1.165, 1.54) is 0 Å². The van der Waals surface area contributed by atoms with Crippen LogP contribution in [0.15, 0.2) is 58.6 Å². The molecule has 3 rings (SSSR count). The van der Waals surface area contributed by atoms with E-state index in [9.17, 15) is 14.7 Å². The van der Waals surface area contributed by atoms with E-state index in [0.29, 0.717) is 12.1 Å². The van der Waals surface area contributed by atoms with Crippen molar-refractivity contribution < 1.29 is 14.7 Å². The number of benzene rings is 2. The summed E-state index contributed by atoms with van der Waals surface area (Å²) in [6, 6.07) is 14.2. The molecule has 1 aliphatic heterocycles. The number of aliphatic hydroxyl groups is 1. The first-order valence-corrected chi connectivity index (χ1v) is 9.85. The van der Waals surface area contributed by atoms with E-state index in [4.69, 9.17) is 0 Å². The van der Waals surface area contributed by atoms with Crippen LogP contribution >= 0.6 is 15.9 Å². The lowest BCUT2D eigenvalue weighted by Crippen LogP contribution is -2.30. The quantitative estimate of drug-likeness (QED) is 0.415. The maximum Gasteiger partial charge on any atom is 0.295 e. The summed E-state index contributed by atoms with van der Waals surface area (Å²) in [5.74, 6) is -1.30. The van der Waals surface area contributed by atoms with E-state index >= 15 is 0 Å². The van der Waals surface area contributed by atoms with Crippen molar-refractivity contribution in [1.82, 2.24) is 4.90 Å². The molecule has 5 heteroatoms. The minimum Gasteiger partial charge on any atom is -0.507 e. The Kier molecular flexibility index (Phi) is 5.80. The third-order valence-electron chi connectivity index (χ3n) is 4.84. The zero-order valence-corrected chi connectivity index (χ0v) is 17.0. The van der Waals surface area contributed by atoms with Crippen molar-refractivity contribution in [1.29, 1.82) is 0 Å². The van der Waals surface area contributed by atoms with E-state index < -0.39 is 17.7 Å². The van der Waals surface area contributed by atoms with Crippen LogP contribution in [0.5, 0.6) is 0 Å². The van der Waals surface area contributed by atoms with Crippen molar-refractivity contribution in [3.63, 3.8) is 0 Å². The van der Waals surface area contributed by atoms with Crippen LogP contribution in [0.3, 0.4) is 0 Å². The van der Waals surface area contributed by atoms with Gasteiger partial charge in [0.05, 0.1) is 11.6 Å². The van der Waals surface area contributed by atoms with E-state index in [1.54, 1.807) is 17.0 Å². The SMILES string of the molecule is CCCCN1C(=O)C(=O)/C(=C(\O)c2ccc(Br)c(C)c2)C1c1ccccc1. The molecule has 1 atom stereocenters. The molecule has 1 heterocycles. The van der Waals surface area contributed by atoms with E-state index in [1.807, 2.05) is 50.2 Å². The molecule has 140 valence electrons. The number of carbonyl (C=O) groups excluding carboxylic acids is 2. The molecule has 0 spiro atoms. The van der Waals surface area contributed by atoms with Crippen LogP contribution in [-0.4, -0.2) is 28.2 Å². The Balaban J connectivity index is 2.16. The number of aliphatic hydroxyl groups excluding tert-OH is 1. The molecule has 0 bridgehead atoms. The molecule has 1 aliphatic rings. The Hall–Kier alpha value is -2.40. The summed E-state index contributed by atoms with van der Waals surface area (Å²) < 4.78 is 0.919. The first kappa shape index (κ1) is 19.4. The van der Waals surface area contributed by atoms with Crippen LogP contribution in [0.1, 0.15) is 42.5 Å². The maximum atomic E-state index is 12.8. The lowest BCUT2D eigenvalue weighted by Gasteiger charge is -2.25. The highest BCUT2D eigenvalue weighted by Gasteiger charge is 2.45. The normalized spacial score (nSPS) is 18.9. The number of unbranched alkanes of at least 4 members (excludes halogenated alkanes) is 1. The molecular formula is C22H22BrNO3. The van der Waals surface area contributed by atoms with Gasteiger partial charge in [-0.25, -0.2) is 0 Å². The number of aryl methyl sites for hydroxylation is 1. The second kappa shape index (κ2) is 8.09. The molecule has 0 saturated carbocycles. The monoisotopic (exact) mass is 427 g/mol. The Bertz CT molecular complexity index is 905. The molecule has 2 aromatic rings. The fourth-order valence-electron chi connectivity index (χ4n) is 3.37. The van der Waals surface area contributed by atoms with Crippen LogP contribution in [0, 0.1) is 6.92 Å². The second-order valence-corrected chi connectivity index (χ2v) is 7.58. The van der Waals surface area contributed by atoms with Crippen molar-refractivity contribution in [2.45, 2.75) is 32.7 Å². The maximum absolute atomic E-state index is 12.8. The lowest BCUT2D eigenvalue weighted by atomic mass is 9.95. The number of rotatable bonds is 5. The number of hydrogen-bond donors (Lipinski definition) is 1. The molecule has 1 unspecified atom stereocenters. The number of amides is 1. The topological polar surface area (TPSA) is 57.6 Å². The van der Waals surface area contributed by atoms with Gasteiger partial charge in [-0.1, -0.05) is 65.7 Å². The summed E-state index contributed by atoms with van der Waals surface area (Å²) in [6.07, 6.45) is 1.71. The van der Waals surface area contributed by atoms with Gasteiger partial charge in [-0.15, -0.1) is 0 Å². The van der Waals surface area contributed by atoms with Gasteiger partial charge in [0, 0.05) is 16.6 Å². The zero-order valence-electron chi connectivity index (χ0n) is 15.4. The highest BCUT2D eigenvalue weighted by Crippen LogP contribution is 2.39. The fraction of sp³-hybridized carbons (Fsp3) is 0.273. The molecule has 4 nitrogen and oxygen atoms in total. The average molecular weight is 428 g/mol. The number of hydrogen-bond acceptors (Lipinski definition) is 3. The Morgan fingerprint density at radius 2 is 1.85 bits per heavy atom. The average Bonchev–Trinajstić information content (AvgIpc) is 2.93. The highest BCUT2D eigenvalue weighted by atomic mass is 79.9. The third kappa shape index (κ3) is 3.69. The van der Waals surface area contributed by atoms with Crippen LogP contribution in [0.4, 0.5) is 0 Å². The van der Waals surface area contributed by atoms with Gasteiger partial charge in [-0.3, -0.25) is 9.59 Å². The molecular weight excluding hydrogens is 406 g/mol. The number of halogens is 1. The highest BCUT2D eigenvalue weighted by molar-refractivity contribution is 9.10. The summed E-state index contributed by atoms with van der Waals surface area (Å²) >= 11 is 3.44. The molecule has 0 aliphatic carbocycles. The summed E-state index contributed by atoms with van der Waals surface area (Å²) in [7, 11) is 0. The molecule has 1 fully saturated rings. The second-order valence-electron chi connectivity index (χ2n) is 6.72. The Labute approximate surface area is 167 Å². The van der Waals surface area contributed by atoms with E-state index in [-0.39, 0.29) is 11.3 Å². The third-order valence-corrected chi connectivity index (χ3v) is 5.73. The van der Waals surface area contributed by atoms with Gasteiger partial charge in [0.1, 0.15) is 5.76 Å². The van der Waals surface area contributed by atoms with Crippen molar-refractivity contribution in [2.24, 2.45) is 0 Å². The zero-order chi connectivity index (χ0) is 19.6. The first-order valence-electron chi connectivity index (χ1n) is 9.05. The summed E-state index contributed by atoms with van der Waals surface area (Å²) in [6.45, 7) is 4.44. The van der Waals surface area contributed by atoms with Crippen LogP contribution in [0.2, 0.25) is 0 Å². The smallest absolute Gasteiger partial charge is 0.295 e.